The summed E-state index contributed by atoms with van der Waals surface area (Å²) in [6.45, 7) is 0. The molecule has 98 valence electrons. The molecule has 0 N–H and O–H groups in total. The smallest absolute Gasteiger partial charge is 0.137 e. The van der Waals surface area contributed by atoms with E-state index in [2.05, 4.69) is 31.9 Å². The second-order valence-corrected chi connectivity index (χ2v) is 5.78. The molecule has 0 bridgehead atoms. The van der Waals surface area contributed by atoms with Crippen LogP contribution in [-0.4, -0.2) is 20.0 Å². The zero-order valence-corrected chi connectivity index (χ0v) is 13.5. The van der Waals surface area contributed by atoms with Crippen molar-refractivity contribution in [1.29, 1.82) is 0 Å². The molecule has 1 aromatic rings. The highest BCUT2D eigenvalue weighted by atomic mass is 79.9. The van der Waals surface area contributed by atoms with Crippen molar-refractivity contribution in [1.82, 2.24) is 0 Å². The first-order chi connectivity index (χ1) is 8.60. The van der Waals surface area contributed by atoms with E-state index in [0.717, 1.165) is 31.6 Å². The van der Waals surface area contributed by atoms with Crippen LogP contribution in [0.1, 0.15) is 24.0 Å². The third-order valence-corrected chi connectivity index (χ3v) is 5.27. The fourth-order valence-corrected chi connectivity index (χ4v) is 3.51. The molecule has 0 saturated carbocycles. The second-order valence-electron chi connectivity index (χ2n) is 4.19. The lowest BCUT2D eigenvalue weighted by atomic mass is 10.0. The number of rotatable bonds is 2. The lowest BCUT2D eigenvalue weighted by Crippen LogP contribution is -2.02. The van der Waals surface area contributed by atoms with Crippen LogP contribution in [0.15, 0.2) is 8.95 Å². The summed E-state index contributed by atoms with van der Waals surface area (Å²) in [5.41, 5.74) is 2.16. The van der Waals surface area contributed by atoms with Crippen LogP contribution in [-0.2, 0) is 17.6 Å². The number of carbonyl (C=O) groups is 1. The number of methoxy groups -OCH3 is 2. The van der Waals surface area contributed by atoms with Crippen LogP contribution in [0.5, 0.6) is 11.5 Å². The zero-order valence-electron chi connectivity index (χ0n) is 10.3. The topological polar surface area (TPSA) is 35.5 Å². The average molecular weight is 378 g/mol. The number of ether oxygens (including phenoxy) is 2. The molecular formula is C13H14Br2O3. The molecule has 18 heavy (non-hydrogen) atoms. The Morgan fingerprint density at radius 1 is 0.833 bits per heavy atom. The Labute approximate surface area is 123 Å². The molecule has 0 aliphatic heterocycles. The lowest BCUT2D eigenvalue weighted by molar-refractivity contribution is -0.118. The fourth-order valence-electron chi connectivity index (χ4n) is 2.35. The van der Waals surface area contributed by atoms with E-state index in [1.165, 1.54) is 0 Å². The summed E-state index contributed by atoms with van der Waals surface area (Å²) in [6, 6.07) is 0. The van der Waals surface area contributed by atoms with E-state index in [0.29, 0.717) is 31.5 Å². The third kappa shape index (κ3) is 2.30. The van der Waals surface area contributed by atoms with E-state index in [4.69, 9.17) is 9.47 Å². The van der Waals surface area contributed by atoms with Crippen molar-refractivity contribution < 1.29 is 14.3 Å². The predicted molar refractivity (Wildman–Crippen MR) is 76.6 cm³/mol. The first-order valence-corrected chi connectivity index (χ1v) is 7.31. The molecule has 0 amide bonds. The molecule has 0 saturated heterocycles. The van der Waals surface area contributed by atoms with E-state index in [1.807, 2.05) is 0 Å². The van der Waals surface area contributed by atoms with Gasteiger partial charge in [-0.1, -0.05) is 0 Å². The normalized spacial score (nSPS) is 15.0. The van der Waals surface area contributed by atoms with E-state index in [9.17, 15) is 4.79 Å². The molecule has 0 unspecified atom stereocenters. The third-order valence-electron chi connectivity index (χ3n) is 3.22. The maximum Gasteiger partial charge on any atom is 0.137 e. The number of Topliss-reactive ketones (excluding diaryl/α,β-unsaturated/α-hetero) is 1. The van der Waals surface area contributed by atoms with Crippen LogP contribution in [0.25, 0.3) is 0 Å². The Morgan fingerprint density at radius 2 is 1.22 bits per heavy atom. The molecule has 0 atom stereocenters. The quantitative estimate of drug-likeness (QED) is 0.737. The van der Waals surface area contributed by atoms with Gasteiger partial charge in [0.25, 0.3) is 0 Å². The van der Waals surface area contributed by atoms with Gasteiger partial charge in [-0.2, -0.15) is 0 Å². The van der Waals surface area contributed by atoms with Crippen molar-refractivity contribution in [2.75, 3.05) is 14.2 Å². The standard InChI is InChI=1S/C13H14Br2O3/c1-17-12-8-5-3-7(16)4-6-9(8)13(18-2)11(15)10(12)14/h3-6H2,1-2H3. The highest BCUT2D eigenvalue weighted by Gasteiger charge is 2.25. The van der Waals surface area contributed by atoms with Gasteiger partial charge >= 0.3 is 0 Å². The summed E-state index contributed by atoms with van der Waals surface area (Å²) in [5, 5.41) is 0. The van der Waals surface area contributed by atoms with Crippen molar-refractivity contribution in [2.45, 2.75) is 25.7 Å². The molecule has 5 heteroatoms. The van der Waals surface area contributed by atoms with Gasteiger partial charge in [0.15, 0.2) is 0 Å². The first-order valence-electron chi connectivity index (χ1n) is 5.72. The summed E-state index contributed by atoms with van der Waals surface area (Å²) < 4.78 is 12.6. The van der Waals surface area contributed by atoms with Crippen molar-refractivity contribution in [2.24, 2.45) is 0 Å². The monoisotopic (exact) mass is 376 g/mol. The molecule has 0 fully saturated rings. The van der Waals surface area contributed by atoms with Crippen LogP contribution in [0.2, 0.25) is 0 Å². The van der Waals surface area contributed by atoms with Gasteiger partial charge in [0.05, 0.1) is 23.2 Å². The van der Waals surface area contributed by atoms with Gasteiger partial charge in [-0.05, 0) is 44.7 Å². The van der Waals surface area contributed by atoms with Crippen LogP contribution in [0.4, 0.5) is 0 Å². The van der Waals surface area contributed by atoms with E-state index < -0.39 is 0 Å². The minimum Gasteiger partial charge on any atom is -0.495 e. The minimum absolute atomic E-state index is 0.294. The number of carbonyl (C=O) groups excluding carboxylic acids is 1. The van der Waals surface area contributed by atoms with Crippen LogP contribution in [0.3, 0.4) is 0 Å². The predicted octanol–water partition coefficient (Wildman–Crippen LogP) is 3.68. The summed E-state index contributed by atoms with van der Waals surface area (Å²) in [7, 11) is 3.29. The van der Waals surface area contributed by atoms with E-state index in [1.54, 1.807) is 14.2 Å². The molecule has 1 aliphatic carbocycles. The Bertz CT molecular complexity index is 455. The van der Waals surface area contributed by atoms with E-state index in [-0.39, 0.29) is 0 Å². The maximum atomic E-state index is 11.6. The number of hydrogen-bond acceptors (Lipinski definition) is 3. The Balaban J connectivity index is 2.67. The largest absolute Gasteiger partial charge is 0.495 e. The van der Waals surface area contributed by atoms with Crippen molar-refractivity contribution >= 4 is 37.6 Å². The number of halogens is 2. The Hall–Kier alpha value is -0.550. The fraction of sp³-hybridized carbons (Fsp3) is 0.462. The molecule has 2 rings (SSSR count). The van der Waals surface area contributed by atoms with E-state index >= 15 is 0 Å². The summed E-state index contributed by atoms with van der Waals surface area (Å²) in [4.78, 5) is 11.6. The molecule has 0 aromatic heterocycles. The van der Waals surface area contributed by atoms with Crippen molar-refractivity contribution in [3.8, 4) is 11.5 Å². The first kappa shape index (κ1) is 13.9. The van der Waals surface area contributed by atoms with Gasteiger partial charge in [0.1, 0.15) is 17.3 Å². The molecule has 1 aromatic carbocycles. The van der Waals surface area contributed by atoms with Crippen LogP contribution in [0, 0.1) is 0 Å². The Kier molecular flexibility index (Phi) is 4.33. The van der Waals surface area contributed by atoms with Gasteiger partial charge < -0.3 is 9.47 Å². The molecule has 3 nitrogen and oxygen atoms in total. The van der Waals surface area contributed by atoms with Gasteiger partial charge in [0.2, 0.25) is 0 Å². The molecule has 0 heterocycles. The summed E-state index contributed by atoms with van der Waals surface area (Å²) in [6.07, 6.45) is 2.56. The summed E-state index contributed by atoms with van der Waals surface area (Å²) in [5.74, 6) is 1.89. The molecule has 1 aliphatic rings. The second kappa shape index (κ2) is 5.61. The molecule has 0 spiro atoms. The zero-order chi connectivity index (χ0) is 13.3. The maximum absolute atomic E-state index is 11.6. The van der Waals surface area contributed by atoms with Crippen molar-refractivity contribution in [3.05, 3.63) is 20.1 Å². The Morgan fingerprint density at radius 3 is 1.56 bits per heavy atom. The number of hydrogen-bond donors (Lipinski definition) is 0. The summed E-state index contributed by atoms with van der Waals surface area (Å²) >= 11 is 7.03. The number of ketones is 1. The van der Waals surface area contributed by atoms with Crippen LogP contribution >= 0.6 is 31.9 Å². The molecule has 0 radical (unpaired) electrons. The van der Waals surface area contributed by atoms with Crippen molar-refractivity contribution in [3.63, 3.8) is 0 Å². The number of fused-ring (bicyclic) bond motifs is 1. The highest BCUT2D eigenvalue weighted by Crippen LogP contribution is 2.46. The molecular weight excluding hydrogens is 364 g/mol. The minimum atomic E-state index is 0.294. The van der Waals surface area contributed by atoms with Gasteiger partial charge in [0, 0.05) is 24.0 Å². The van der Waals surface area contributed by atoms with Crippen LogP contribution < -0.4 is 9.47 Å². The lowest BCUT2D eigenvalue weighted by Gasteiger charge is -2.19. The average Bonchev–Trinajstić information content (AvgIpc) is 2.55. The highest BCUT2D eigenvalue weighted by molar-refractivity contribution is 9.13. The SMILES string of the molecule is COc1c(Br)c(Br)c(OC)c2c1CCC(=O)CC2. The van der Waals surface area contributed by atoms with Gasteiger partial charge in [-0.3, -0.25) is 4.79 Å². The van der Waals surface area contributed by atoms with Gasteiger partial charge in [-0.15, -0.1) is 0 Å². The van der Waals surface area contributed by atoms with Gasteiger partial charge in [-0.25, -0.2) is 0 Å². The number of benzene rings is 1.